The van der Waals surface area contributed by atoms with Crippen LogP contribution in [0, 0.1) is 5.92 Å². The molecule has 1 fully saturated rings. The van der Waals surface area contributed by atoms with Gasteiger partial charge in [-0.3, -0.25) is 9.78 Å². The van der Waals surface area contributed by atoms with Gasteiger partial charge >= 0.3 is 0 Å². The Morgan fingerprint density at radius 1 is 1.42 bits per heavy atom. The van der Waals surface area contributed by atoms with Gasteiger partial charge in [0.1, 0.15) is 11.4 Å². The number of methoxy groups -OCH3 is 1. The maximum Gasteiger partial charge on any atom is 0.272 e. The van der Waals surface area contributed by atoms with Crippen LogP contribution in [0.3, 0.4) is 0 Å². The van der Waals surface area contributed by atoms with Gasteiger partial charge in [-0.15, -0.1) is 0 Å². The lowest BCUT2D eigenvalue weighted by Gasteiger charge is -2.26. The summed E-state index contributed by atoms with van der Waals surface area (Å²) >= 11 is 0. The highest BCUT2D eigenvalue weighted by atomic mass is 16.5. The van der Waals surface area contributed by atoms with Crippen LogP contribution in [0.5, 0.6) is 5.75 Å². The standard InChI is InChI=1S/C15H22N2O2/c1-17(11-12-6-4-3-5-7-12)15(18)14-10-13(19-2)8-9-16-14/h8-10,12H,3-7,11H2,1-2H3. The van der Waals surface area contributed by atoms with E-state index in [0.29, 0.717) is 17.4 Å². The molecule has 0 spiro atoms. The smallest absolute Gasteiger partial charge is 0.272 e. The van der Waals surface area contributed by atoms with Gasteiger partial charge in [-0.2, -0.15) is 0 Å². The summed E-state index contributed by atoms with van der Waals surface area (Å²) in [6.07, 6.45) is 8.02. The van der Waals surface area contributed by atoms with E-state index in [2.05, 4.69) is 4.98 Å². The minimum absolute atomic E-state index is 0.0236. The summed E-state index contributed by atoms with van der Waals surface area (Å²) in [5.74, 6) is 1.29. The van der Waals surface area contributed by atoms with Crippen LogP contribution >= 0.6 is 0 Å². The van der Waals surface area contributed by atoms with Crippen LogP contribution in [0.15, 0.2) is 18.3 Å². The lowest BCUT2D eigenvalue weighted by molar-refractivity contribution is 0.0754. The van der Waals surface area contributed by atoms with E-state index in [1.807, 2.05) is 7.05 Å². The van der Waals surface area contributed by atoms with Crippen LogP contribution in [0.4, 0.5) is 0 Å². The monoisotopic (exact) mass is 262 g/mol. The molecule has 1 aromatic rings. The molecule has 0 aliphatic heterocycles. The molecule has 4 heteroatoms. The van der Waals surface area contributed by atoms with E-state index >= 15 is 0 Å². The SMILES string of the molecule is COc1ccnc(C(=O)N(C)CC2CCCCC2)c1. The summed E-state index contributed by atoms with van der Waals surface area (Å²) < 4.78 is 5.12. The molecule has 0 unspecified atom stereocenters. The number of amides is 1. The van der Waals surface area contributed by atoms with Gasteiger partial charge < -0.3 is 9.64 Å². The molecule has 0 bridgehead atoms. The number of carbonyl (C=O) groups is 1. The average molecular weight is 262 g/mol. The Morgan fingerprint density at radius 3 is 2.84 bits per heavy atom. The Labute approximate surface area is 114 Å². The van der Waals surface area contributed by atoms with Crippen molar-refractivity contribution >= 4 is 5.91 Å². The molecular weight excluding hydrogens is 240 g/mol. The number of hydrogen-bond acceptors (Lipinski definition) is 3. The van der Waals surface area contributed by atoms with Gasteiger partial charge in [-0.05, 0) is 24.8 Å². The Kier molecular flexibility index (Phi) is 4.77. The topological polar surface area (TPSA) is 42.4 Å². The third-order valence-electron chi connectivity index (χ3n) is 3.79. The highest BCUT2D eigenvalue weighted by Gasteiger charge is 2.20. The number of aromatic nitrogens is 1. The Morgan fingerprint density at radius 2 is 2.16 bits per heavy atom. The molecular formula is C15H22N2O2. The number of carbonyl (C=O) groups excluding carboxylic acids is 1. The summed E-state index contributed by atoms with van der Waals surface area (Å²) in [4.78, 5) is 18.2. The van der Waals surface area contributed by atoms with Gasteiger partial charge in [0.05, 0.1) is 7.11 Å². The van der Waals surface area contributed by atoms with E-state index in [-0.39, 0.29) is 5.91 Å². The van der Waals surface area contributed by atoms with Gasteiger partial charge in [0.2, 0.25) is 0 Å². The Hall–Kier alpha value is -1.58. The van der Waals surface area contributed by atoms with Gasteiger partial charge in [-0.1, -0.05) is 19.3 Å². The molecule has 0 aromatic carbocycles. The second-order valence-corrected chi connectivity index (χ2v) is 5.27. The quantitative estimate of drug-likeness (QED) is 0.838. The predicted molar refractivity (Wildman–Crippen MR) is 74.3 cm³/mol. The third kappa shape index (κ3) is 3.69. The van der Waals surface area contributed by atoms with Crippen molar-refractivity contribution in [3.63, 3.8) is 0 Å². The first-order chi connectivity index (χ1) is 9.20. The zero-order chi connectivity index (χ0) is 13.7. The molecule has 2 rings (SSSR count). The molecule has 1 heterocycles. The Bertz CT molecular complexity index is 428. The van der Waals surface area contributed by atoms with E-state index in [1.54, 1.807) is 30.3 Å². The minimum Gasteiger partial charge on any atom is -0.497 e. The van der Waals surface area contributed by atoms with Gasteiger partial charge in [0, 0.05) is 25.9 Å². The van der Waals surface area contributed by atoms with E-state index < -0.39 is 0 Å². The number of ether oxygens (including phenoxy) is 1. The maximum atomic E-state index is 12.3. The van der Waals surface area contributed by atoms with Crippen molar-refractivity contribution in [3.05, 3.63) is 24.0 Å². The molecule has 0 N–H and O–H groups in total. The fraction of sp³-hybridized carbons (Fsp3) is 0.600. The fourth-order valence-electron chi connectivity index (χ4n) is 2.69. The van der Waals surface area contributed by atoms with Crippen LogP contribution in [-0.2, 0) is 0 Å². The summed E-state index contributed by atoms with van der Waals surface area (Å²) in [7, 11) is 3.45. The van der Waals surface area contributed by atoms with Crippen LogP contribution in [0.25, 0.3) is 0 Å². The van der Waals surface area contributed by atoms with Crippen molar-refractivity contribution in [1.82, 2.24) is 9.88 Å². The van der Waals surface area contributed by atoms with Crippen LogP contribution < -0.4 is 4.74 Å². The third-order valence-corrected chi connectivity index (χ3v) is 3.79. The molecule has 19 heavy (non-hydrogen) atoms. The molecule has 0 saturated heterocycles. The first-order valence-corrected chi connectivity index (χ1v) is 6.96. The second kappa shape index (κ2) is 6.55. The molecule has 4 nitrogen and oxygen atoms in total. The van der Waals surface area contributed by atoms with Crippen molar-refractivity contribution in [2.45, 2.75) is 32.1 Å². The predicted octanol–water partition coefficient (Wildman–Crippen LogP) is 2.74. The fourth-order valence-corrected chi connectivity index (χ4v) is 2.69. The first kappa shape index (κ1) is 13.8. The van der Waals surface area contributed by atoms with Crippen molar-refractivity contribution in [2.75, 3.05) is 20.7 Å². The molecule has 1 aromatic heterocycles. The van der Waals surface area contributed by atoms with Crippen LogP contribution in [0.1, 0.15) is 42.6 Å². The number of pyridine rings is 1. The van der Waals surface area contributed by atoms with Crippen molar-refractivity contribution in [3.8, 4) is 5.75 Å². The van der Waals surface area contributed by atoms with Crippen molar-refractivity contribution in [2.24, 2.45) is 5.92 Å². The number of rotatable bonds is 4. The normalized spacial score (nSPS) is 16.1. The van der Waals surface area contributed by atoms with E-state index in [1.165, 1.54) is 32.1 Å². The van der Waals surface area contributed by atoms with Gasteiger partial charge in [0.15, 0.2) is 0 Å². The molecule has 0 atom stereocenters. The molecule has 104 valence electrons. The van der Waals surface area contributed by atoms with Crippen LogP contribution in [0.2, 0.25) is 0 Å². The lowest BCUT2D eigenvalue weighted by Crippen LogP contribution is -2.33. The van der Waals surface area contributed by atoms with Crippen molar-refractivity contribution < 1.29 is 9.53 Å². The van der Waals surface area contributed by atoms with E-state index in [0.717, 1.165) is 6.54 Å². The molecule has 1 aliphatic rings. The second-order valence-electron chi connectivity index (χ2n) is 5.27. The summed E-state index contributed by atoms with van der Waals surface area (Å²) in [5, 5.41) is 0. The van der Waals surface area contributed by atoms with Crippen LogP contribution in [-0.4, -0.2) is 36.5 Å². The highest BCUT2D eigenvalue weighted by Crippen LogP contribution is 2.24. The van der Waals surface area contributed by atoms with Gasteiger partial charge in [-0.25, -0.2) is 0 Å². The number of nitrogens with zero attached hydrogens (tertiary/aromatic N) is 2. The van der Waals surface area contributed by atoms with Crippen molar-refractivity contribution in [1.29, 1.82) is 0 Å². The summed E-state index contributed by atoms with van der Waals surface area (Å²) in [5.41, 5.74) is 0.456. The zero-order valence-corrected chi connectivity index (χ0v) is 11.8. The Balaban J connectivity index is 1.97. The van der Waals surface area contributed by atoms with E-state index in [4.69, 9.17) is 4.74 Å². The minimum atomic E-state index is -0.0236. The summed E-state index contributed by atoms with van der Waals surface area (Å²) in [6.45, 7) is 0.831. The lowest BCUT2D eigenvalue weighted by atomic mass is 9.89. The molecule has 1 aliphatic carbocycles. The molecule has 1 saturated carbocycles. The van der Waals surface area contributed by atoms with Gasteiger partial charge in [0.25, 0.3) is 5.91 Å². The zero-order valence-electron chi connectivity index (χ0n) is 11.8. The first-order valence-electron chi connectivity index (χ1n) is 6.96. The summed E-state index contributed by atoms with van der Waals surface area (Å²) in [6, 6.07) is 3.44. The number of hydrogen-bond donors (Lipinski definition) is 0. The average Bonchev–Trinajstić information content (AvgIpc) is 2.47. The maximum absolute atomic E-state index is 12.3. The molecule has 0 radical (unpaired) electrons. The molecule has 1 amide bonds. The highest BCUT2D eigenvalue weighted by molar-refractivity contribution is 5.92. The van der Waals surface area contributed by atoms with E-state index in [9.17, 15) is 4.79 Å². The largest absolute Gasteiger partial charge is 0.497 e.